The Balaban J connectivity index is 2.96. The van der Waals surface area contributed by atoms with Gasteiger partial charge in [0, 0.05) is 0 Å². The lowest BCUT2D eigenvalue weighted by Gasteiger charge is -2.14. The fraction of sp³-hybridized carbons (Fsp3) is 0.500. The minimum absolute atomic E-state index is 0.301. The fourth-order valence-electron chi connectivity index (χ4n) is 1.82. The molecule has 0 aliphatic carbocycles. The van der Waals surface area contributed by atoms with Gasteiger partial charge < -0.3 is 14.2 Å². The zero-order chi connectivity index (χ0) is 15.7. The monoisotopic (exact) mass is 294 g/mol. The Bertz CT molecular complexity index is 457. The van der Waals surface area contributed by atoms with E-state index in [1.807, 2.05) is 20.8 Å². The van der Waals surface area contributed by atoms with E-state index >= 15 is 0 Å². The van der Waals surface area contributed by atoms with Crippen molar-refractivity contribution < 1.29 is 23.8 Å². The number of Topliss-reactive ketones (excluding diaryl/α,β-unsaturated/α-hetero) is 1. The first kappa shape index (κ1) is 17.0. The summed E-state index contributed by atoms with van der Waals surface area (Å²) in [6, 6.07) is 5.13. The van der Waals surface area contributed by atoms with Gasteiger partial charge in [-0.2, -0.15) is 0 Å². The highest BCUT2D eigenvalue weighted by Crippen LogP contribution is 2.30. The number of ether oxygens (including phenoxy) is 3. The van der Waals surface area contributed by atoms with Gasteiger partial charge in [-0.15, -0.1) is 0 Å². The summed E-state index contributed by atoms with van der Waals surface area (Å²) in [7, 11) is 0. The Labute approximate surface area is 125 Å². The van der Waals surface area contributed by atoms with Crippen LogP contribution in [0.4, 0.5) is 0 Å². The molecule has 21 heavy (non-hydrogen) atoms. The molecule has 0 radical (unpaired) electrons. The van der Waals surface area contributed by atoms with Gasteiger partial charge >= 0.3 is 5.97 Å². The highest BCUT2D eigenvalue weighted by Gasteiger charge is 2.21. The molecule has 1 aromatic rings. The maximum absolute atomic E-state index is 12.3. The van der Waals surface area contributed by atoms with Crippen LogP contribution in [-0.4, -0.2) is 31.6 Å². The van der Waals surface area contributed by atoms with Crippen molar-refractivity contribution in [1.82, 2.24) is 0 Å². The highest BCUT2D eigenvalue weighted by atomic mass is 16.5. The van der Waals surface area contributed by atoms with Gasteiger partial charge in [0.25, 0.3) is 0 Å². The number of benzene rings is 1. The largest absolute Gasteiger partial charge is 0.493 e. The maximum atomic E-state index is 12.3. The third-order valence-electron chi connectivity index (χ3n) is 2.64. The molecule has 0 bridgehead atoms. The van der Waals surface area contributed by atoms with E-state index in [4.69, 9.17) is 14.2 Å². The van der Waals surface area contributed by atoms with Gasteiger partial charge in [-0.3, -0.25) is 9.59 Å². The SMILES string of the molecule is CCCOC(=O)CC(=O)c1c(OCC)cccc1OCC. The van der Waals surface area contributed by atoms with Crippen molar-refractivity contribution in [2.24, 2.45) is 0 Å². The first-order valence-electron chi connectivity index (χ1n) is 7.21. The molecule has 0 heterocycles. The molecule has 0 saturated carbocycles. The van der Waals surface area contributed by atoms with Crippen LogP contribution in [0.5, 0.6) is 11.5 Å². The molecule has 0 aliphatic rings. The molecule has 1 rings (SSSR count). The van der Waals surface area contributed by atoms with Crippen molar-refractivity contribution in [2.45, 2.75) is 33.6 Å². The van der Waals surface area contributed by atoms with Crippen molar-refractivity contribution >= 4 is 11.8 Å². The lowest BCUT2D eigenvalue weighted by molar-refractivity contribution is -0.142. The lowest BCUT2D eigenvalue weighted by Crippen LogP contribution is -2.14. The van der Waals surface area contributed by atoms with Crippen LogP contribution < -0.4 is 9.47 Å². The first-order valence-corrected chi connectivity index (χ1v) is 7.21. The van der Waals surface area contributed by atoms with Gasteiger partial charge in [0.05, 0.1) is 19.8 Å². The molecule has 1 aromatic carbocycles. The van der Waals surface area contributed by atoms with E-state index in [0.29, 0.717) is 36.9 Å². The molecule has 0 atom stereocenters. The molecule has 0 saturated heterocycles. The zero-order valence-corrected chi connectivity index (χ0v) is 12.8. The Morgan fingerprint density at radius 2 is 1.57 bits per heavy atom. The molecule has 0 unspecified atom stereocenters. The average Bonchev–Trinajstić information content (AvgIpc) is 2.46. The maximum Gasteiger partial charge on any atom is 0.313 e. The summed E-state index contributed by atoms with van der Waals surface area (Å²) in [6.07, 6.45) is 0.407. The summed E-state index contributed by atoms with van der Waals surface area (Å²) in [5.74, 6) is -0.0345. The molecule has 0 aromatic heterocycles. The number of ketones is 1. The Morgan fingerprint density at radius 1 is 1.00 bits per heavy atom. The molecule has 0 spiro atoms. The number of carbonyl (C=O) groups is 2. The predicted molar refractivity (Wildman–Crippen MR) is 79.0 cm³/mol. The summed E-state index contributed by atoms with van der Waals surface area (Å²) >= 11 is 0. The minimum atomic E-state index is -0.532. The summed E-state index contributed by atoms with van der Waals surface area (Å²) in [4.78, 5) is 23.9. The van der Waals surface area contributed by atoms with Crippen LogP contribution in [0.1, 0.15) is 44.0 Å². The van der Waals surface area contributed by atoms with Crippen molar-refractivity contribution in [2.75, 3.05) is 19.8 Å². The fourth-order valence-corrected chi connectivity index (χ4v) is 1.82. The van der Waals surface area contributed by atoms with Crippen LogP contribution in [0.15, 0.2) is 18.2 Å². The van der Waals surface area contributed by atoms with E-state index in [1.54, 1.807) is 18.2 Å². The first-order chi connectivity index (χ1) is 10.1. The number of esters is 1. The van der Waals surface area contributed by atoms with Gasteiger partial charge in [-0.1, -0.05) is 13.0 Å². The van der Waals surface area contributed by atoms with Crippen LogP contribution in [0, 0.1) is 0 Å². The number of hydrogen-bond donors (Lipinski definition) is 0. The highest BCUT2D eigenvalue weighted by molar-refractivity contribution is 6.09. The molecular formula is C16H22O5. The van der Waals surface area contributed by atoms with Crippen molar-refractivity contribution in [3.63, 3.8) is 0 Å². The van der Waals surface area contributed by atoms with E-state index in [-0.39, 0.29) is 12.2 Å². The number of hydrogen-bond acceptors (Lipinski definition) is 5. The van der Waals surface area contributed by atoms with Crippen LogP contribution in [0.25, 0.3) is 0 Å². The standard InChI is InChI=1S/C16H22O5/c1-4-10-21-15(18)11-12(17)16-13(19-5-2)8-7-9-14(16)20-6-3/h7-9H,4-6,10-11H2,1-3H3. The molecule has 0 N–H and O–H groups in total. The molecule has 0 amide bonds. The summed E-state index contributed by atoms with van der Waals surface area (Å²) in [5, 5.41) is 0. The predicted octanol–water partition coefficient (Wildman–Crippen LogP) is 3.01. The minimum Gasteiger partial charge on any atom is -0.493 e. The third kappa shape index (κ3) is 5.10. The number of carbonyl (C=O) groups excluding carboxylic acids is 2. The molecular weight excluding hydrogens is 272 g/mol. The molecule has 5 heteroatoms. The van der Waals surface area contributed by atoms with Crippen LogP contribution in [0.2, 0.25) is 0 Å². The second-order valence-electron chi connectivity index (χ2n) is 4.32. The van der Waals surface area contributed by atoms with E-state index in [9.17, 15) is 9.59 Å². The topological polar surface area (TPSA) is 61.8 Å². The Hall–Kier alpha value is -2.04. The van der Waals surface area contributed by atoms with Crippen LogP contribution in [0.3, 0.4) is 0 Å². The average molecular weight is 294 g/mol. The molecule has 5 nitrogen and oxygen atoms in total. The van der Waals surface area contributed by atoms with E-state index < -0.39 is 5.97 Å². The third-order valence-corrected chi connectivity index (χ3v) is 2.64. The van der Waals surface area contributed by atoms with Crippen molar-refractivity contribution in [1.29, 1.82) is 0 Å². The van der Waals surface area contributed by atoms with E-state index in [2.05, 4.69) is 0 Å². The van der Waals surface area contributed by atoms with E-state index in [0.717, 1.165) is 6.42 Å². The Morgan fingerprint density at radius 3 is 2.05 bits per heavy atom. The summed E-state index contributed by atoms with van der Waals surface area (Å²) in [5.41, 5.74) is 0.301. The van der Waals surface area contributed by atoms with Gasteiger partial charge in [-0.25, -0.2) is 0 Å². The van der Waals surface area contributed by atoms with Gasteiger partial charge in [0.15, 0.2) is 5.78 Å². The molecule has 116 valence electrons. The second kappa shape index (κ2) is 9.00. The van der Waals surface area contributed by atoms with Gasteiger partial charge in [0.2, 0.25) is 0 Å². The van der Waals surface area contributed by atoms with Gasteiger partial charge in [-0.05, 0) is 32.4 Å². The molecule has 0 aliphatic heterocycles. The van der Waals surface area contributed by atoms with Crippen molar-refractivity contribution in [3.8, 4) is 11.5 Å². The van der Waals surface area contributed by atoms with Crippen LogP contribution >= 0.6 is 0 Å². The summed E-state index contributed by atoms with van der Waals surface area (Å²) < 4.78 is 15.9. The Kier molecular flexibility index (Phi) is 7.29. The van der Waals surface area contributed by atoms with E-state index in [1.165, 1.54) is 0 Å². The normalized spacial score (nSPS) is 10.0. The smallest absolute Gasteiger partial charge is 0.313 e. The number of rotatable bonds is 9. The zero-order valence-electron chi connectivity index (χ0n) is 12.8. The van der Waals surface area contributed by atoms with Crippen LogP contribution in [-0.2, 0) is 9.53 Å². The lowest BCUT2D eigenvalue weighted by atomic mass is 10.1. The second-order valence-corrected chi connectivity index (χ2v) is 4.32. The molecule has 0 fully saturated rings. The van der Waals surface area contributed by atoms with Gasteiger partial charge in [0.1, 0.15) is 23.5 Å². The quantitative estimate of drug-likeness (QED) is 0.398. The summed E-state index contributed by atoms with van der Waals surface area (Å²) in [6.45, 7) is 6.73. The van der Waals surface area contributed by atoms with Crippen molar-refractivity contribution in [3.05, 3.63) is 23.8 Å².